The van der Waals surface area contributed by atoms with Gasteiger partial charge in [0.25, 0.3) is 5.91 Å². The number of hydrogen-bond acceptors (Lipinski definition) is 4. The Hall–Kier alpha value is -4.64. The predicted molar refractivity (Wildman–Crippen MR) is 184 cm³/mol. The maximum atomic E-state index is 13.2. The van der Waals surface area contributed by atoms with Crippen LogP contribution in [0.1, 0.15) is 120 Å². The first kappa shape index (κ1) is 36.6. The molecule has 5 nitrogen and oxygen atoms in total. The van der Waals surface area contributed by atoms with Gasteiger partial charge in [-0.3, -0.25) is 19.2 Å². The zero-order chi connectivity index (χ0) is 31.9. The molecule has 0 heterocycles. The van der Waals surface area contributed by atoms with Crippen molar-refractivity contribution in [1.82, 2.24) is 4.90 Å². The molecule has 0 saturated heterocycles. The van der Waals surface area contributed by atoms with Crippen LogP contribution >= 0.6 is 0 Å². The summed E-state index contributed by atoms with van der Waals surface area (Å²) in [5.41, 5.74) is 4.06. The van der Waals surface area contributed by atoms with Crippen molar-refractivity contribution < 1.29 is 19.2 Å². The van der Waals surface area contributed by atoms with Crippen LogP contribution in [-0.4, -0.2) is 34.2 Å². The van der Waals surface area contributed by atoms with Crippen LogP contribution in [0, 0.1) is 0 Å². The van der Waals surface area contributed by atoms with Crippen molar-refractivity contribution in [2.24, 2.45) is 0 Å². The van der Waals surface area contributed by atoms with Gasteiger partial charge in [0.2, 0.25) is 0 Å². The van der Waals surface area contributed by atoms with E-state index in [-0.39, 0.29) is 42.8 Å². The Kier molecular flexibility index (Phi) is 15.3. The second kappa shape index (κ2) is 18.9. The van der Waals surface area contributed by atoms with E-state index in [1.54, 1.807) is 13.8 Å². The van der Waals surface area contributed by atoms with E-state index >= 15 is 0 Å². The highest BCUT2D eigenvalue weighted by atomic mass is 16.2. The van der Waals surface area contributed by atoms with Crippen molar-refractivity contribution in [3.8, 4) is 0 Å². The monoisotopic (exact) mass is 605 g/mol. The molecule has 236 valence electrons. The SMILES string of the molecule is C.CC.CC(=O)c1ccccc1.CC(=O)c1ccccc1.O=C1CC(N(C(=O)c2ccccc2)C2CCCC2)c2ccccc21. The number of fused-ring (bicyclic) bond motifs is 1. The second-order valence-electron chi connectivity index (χ2n) is 10.6. The van der Waals surface area contributed by atoms with Crippen molar-refractivity contribution >= 4 is 23.3 Å². The van der Waals surface area contributed by atoms with Crippen LogP contribution in [0.2, 0.25) is 0 Å². The smallest absolute Gasteiger partial charge is 0.254 e. The third kappa shape index (κ3) is 10.2. The molecule has 1 atom stereocenters. The highest BCUT2D eigenvalue weighted by Gasteiger charge is 2.39. The first-order chi connectivity index (χ1) is 21.4. The lowest BCUT2D eigenvalue weighted by Gasteiger charge is -2.35. The molecule has 4 aromatic rings. The molecule has 0 bridgehead atoms. The number of benzene rings is 4. The minimum absolute atomic E-state index is 0. The van der Waals surface area contributed by atoms with Gasteiger partial charge in [-0.1, -0.05) is 137 Å². The van der Waals surface area contributed by atoms with Gasteiger partial charge in [0.15, 0.2) is 17.3 Å². The van der Waals surface area contributed by atoms with Crippen LogP contribution in [0.3, 0.4) is 0 Å². The Balaban J connectivity index is 0.000000277. The highest BCUT2D eigenvalue weighted by Crippen LogP contribution is 2.40. The van der Waals surface area contributed by atoms with E-state index in [2.05, 4.69) is 0 Å². The van der Waals surface area contributed by atoms with Gasteiger partial charge in [0, 0.05) is 34.7 Å². The molecule has 1 unspecified atom stereocenters. The van der Waals surface area contributed by atoms with Gasteiger partial charge in [-0.15, -0.1) is 0 Å². The summed E-state index contributed by atoms with van der Waals surface area (Å²) in [6.45, 7) is 7.13. The Morgan fingerprint density at radius 2 is 1.00 bits per heavy atom. The summed E-state index contributed by atoms with van der Waals surface area (Å²) < 4.78 is 0. The molecule has 0 radical (unpaired) electrons. The van der Waals surface area contributed by atoms with Gasteiger partial charge in [-0.25, -0.2) is 0 Å². The fraction of sp³-hybridized carbons (Fsp3) is 0.300. The Morgan fingerprint density at radius 3 is 1.42 bits per heavy atom. The fourth-order valence-corrected chi connectivity index (χ4v) is 5.51. The molecule has 2 aliphatic carbocycles. The van der Waals surface area contributed by atoms with Crippen LogP contribution in [0.15, 0.2) is 115 Å². The number of ketones is 3. The number of rotatable bonds is 5. The Labute approximate surface area is 269 Å². The molecule has 0 spiro atoms. The predicted octanol–water partition coefficient (Wildman–Crippen LogP) is 9.84. The lowest BCUT2D eigenvalue weighted by molar-refractivity contribution is 0.0566. The van der Waals surface area contributed by atoms with Gasteiger partial charge >= 0.3 is 0 Å². The van der Waals surface area contributed by atoms with Crippen LogP contribution in [0.5, 0.6) is 0 Å². The van der Waals surface area contributed by atoms with Gasteiger partial charge in [-0.05, 0) is 44.4 Å². The third-order valence-corrected chi connectivity index (χ3v) is 7.67. The van der Waals surface area contributed by atoms with Crippen LogP contribution in [-0.2, 0) is 0 Å². The van der Waals surface area contributed by atoms with Crippen molar-refractivity contribution in [2.45, 2.75) is 79.3 Å². The lowest BCUT2D eigenvalue weighted by atomic mass is 10.0. The minimum Gasteiger partial charge on any atom is -0.328 e. The van der Waals surface area contributed by atoms with E-state index in [1.165, 1.54) is 0 Å². The van der Waals surface area contributed by atoms with E-state index in [0.29, 0.717) is 12.0 Å². The van der Waals surface area contributed by atoms with E-state index in [4.69, 9.17) is 0 Å². The number of amides is 1. The zero-order valence-corrected chi connectivity index (χ0v) is 26.2. The largest absolute Gasteiger partial charge is 0.328 e. The molecule has 0 aromatic heterocycles. The molecule has 4 aromatic carbocycles. The van der Waals surface area contributed by atoms with Gasteiger partial charge < -0.3 is 4.90 Å². The summed E-state index contributed by atoms with van der Waals surface area (Å²) in [4.78, 5) is 49.0. The maximum absolute atomic E-state index is 13.2. The maximum Gasteiger partial charge on any atom is 0.254 e. The summed E-state index contributed by atoms with van der Waals surface area (Å²) in [5.74, 6) is 0.447. The molecular weight excluding hydrogens is 558 g/mol. The van der Waals surface area contributed by atoms with Crippen molar-refractivity contribution in [2.75, 3.05) is 0 Å². The molecule has 1 fully saturated rings. The molecule has 6 rings (SSSR count). The Bertz CT molecular complexity index is 1440. The summed E-state index contributed by atoms with van der Waals surface area (Å²) >= 11 is 0. The molecule has 1 saturated carbocycles. The summed E-state index contributed by atoms with van der Waals surface area (Å²) in [6.07, 6.45) is 4.79. The van der Waals surface area contributed by atoms with Gasteiger partial charge in [0.05, 0.1) is 6.04 Å². The number of carbonyl (C=O) groups is 4. The Morgan fingerprint density at radius 1 is 0.600 bits per heavy atom. The standard InChI is InChI=1S/C21H21NO2.2C8H8O.C2H6.CH4/c23-20-14-19(17-12-6-7-13-18(17)20)22(16-10-4-5-11-16)21(24)15-8-2-1-3-9-15;2*1-7(9)8-5-3-2-4-6-8;1-2;/h1-3,6-9,12-13,16,19H,4-5,10-11,14H2;2*2-6H,1H3;1-2H3;1H4. The van der Waals surface area contributed by atoms with Gasteiger partial charge in [-0.2, -0.15) is 0 Å². The number of nitrogens with zero attached hydrogens (tertiary/aromatic N) is 1. The fourth-order valence-electron chi connectivity index (χ4n) is 5.51. The number of Topliss-reactive ketones (excluding diaryl/α,β-unsaturated/α-hetero) is 3. The first-order valence-electron chi connectivity index (χ1n) is 15.5. The summed E-state index contributed by atoms with van der Waals surface area (Å²) in [5, 5.41) is 0. The van der Waals surface area contributed by atoms with Gasteiger partial charge in [0.1, 0.15) is 0 Å². The van der Waals surface area contributed by atoms with Crippen molar-refractivity contribution in [3.05, 3.63) is 143 Å². The lowest BCUT2D eigenvalue weighted by Crippen LogP contribution is -2.41. The molecular formula is C40H47NO4. The van der Waals surface area contributed by atoms with Crippen LogP contribution in [0.25, 0.3) is 0 Å². The first-order valence-corrected chi connectivity index (χ1v) is 15.5. The van der Waals surface area contributed by atoms with E-state index in [9.17, 15) is 19.2 Å². The topological polar surface area (TPSA) is 71.5 Å². The molecule has 0 N–H and O–H groups in total. The van der Waals surface area contributed by atoms with Crippen molar-refractivity contribution in [1.29, 1.82) is 0 Å². The normalized spacial score (nSPS) is 14.5. The van der Waals surface area contributed by atoms with Crippen LogP contribution < -0.4 is 0 Å². The third-order valence-electron chi connectivity index (χ3n) is 7.67. The van der Waals surface area contributed by atoms with Crippen molar-refractivity contribution in [3.63, 3.8) is 0 Å². The average Bonchev–Trinajstić information content (AvgIpc) is 3.73. The molecule has 2 aliphatic rings. The molecule has 0 aliphatic heterocycles. The van der Waals surface area contributed by atoms with E-state index in [0.717, 1.165) is 47.9 Å². The average molecular weight is 606 g/mol. The van der Waals surface area contributed by atoms with E-state index in [1.807, 2.05) is 134 Å². The quantitative estimate of drug-likeness (QED) is 0.212. The minimum atomic E-state index is -0.121. The van der Waals surface area contributed by atoms with E-state index < -0.39 is 0 Å². The zero-order valence-electron chi connectivity index (χ0n) is 26.2. The highest BCUT2D eigenvalue weighted by molar-refractivity contribution is 6.03. The summed E-state index contributed by atoms with van der Waals surface area (Å²) in [6, 6.07) is 35.8. The number of carbonyl (C=O) groups excluding carboxylic acids is 4. The second-order valence-corrected chi connectivity index (χ2v) is 10.6. The molecule has 45 heavy (non-hydrogen) atoms. The number of hydrogen-bond donors (Lipinski definition) is 0. The summed E-state index contributed by atoms with van der Waals surface area (Å²) in [7, 11) is 0. The molecule has 1 amide bonds. The van der Waals surface area contributed by atoms with Crippen LogP contribution in [0.4, 0.5) is 0 Å². The molecule has 5 heteroatoms.